The van der Waals surface area contributed by atoms with Gasteiger partial charge in [-0.1, -0.05) is 55.8 Å². The summed E-state index contributed by atoms with van der Waals surface area (Å²) in [4.78, 5) is 28.9. The molecule has 2 amide bonds. The zero-order valence-corrected chi connectivity index (χ0v) is 19.9. The highest BCUT2D eigenvalue weighted by Crippen LogP contribution is 2.24. The van der Waals surface area contributed by atoms with E-state index in [1.54, 1.807) is 35.2 Å². The van der Waals surface area contributed by atoms with Crippen molar-refractivity contribution < 1.29 is 14.0 Å². The van der Waals surface area contributed by atoms with Crippen LogP contribution in [0.25, 0.3) is 0 Å². The van der Waals surface area contributed by atoms with Crippen LogP contribution in [0.4, 0.5) is 4.39 Å². The fraction of sp³-hybridized carbons (Fsp3) is 0.440. The molecule has 0 aliphatic carbocycles. The van der Waals surface area contributed by atoms with Crippen LogP contribution in [0.15, 0.2) is 48.5 Å². The fourth-order valence-electron chi connectivity index (χ4n) is 4.03. The second kappa shape index (κ2) is 11.6. The second-order valence-corrected chi connectivity index (χ2v) is 9.17. The van der Waals surface area contributed by atoms with Crippen molar-refractivity contribution in [3.63, 3.8) is 0 Å². The summed E-state index contributed by atoms with van der Waals surface area (Å²) >= 11 is 5.92. The maximum atomic E-state index is 14.6. The van der Waals surface area contributed by atoms with E-state index in [0.29, 0.717) is 49.7 Å². The number of hydrogen-bond acceptors (Lipinski definition) is 4. The molecule has 178 valence electrons. The van der Waals surface area contributed by atoms with Gasteiger partial charge in [0, 0.05) is 49.2 Å². The van der Waals surface area contributed by atoms with Gasteiger partial charge in [-0.05, 0) is 30.2 Å². The SMILES string of the molecule is CC(C)C(=O)NCC(c1ccccc1F)N1CCN(C(=O)C(N)Cc2ccc(Cl)cc2)CC1. The predicted molar refractivity (Wildman–Crippen MR) is 128 cm³/mol. The molecule has 1 fully saturated rings. The number of amides is 2. The normalized spacial score (nSPS) is 16.5. The highest BCUT2D eigenvalue weighted by Gasteiger charge is 2.30. The summed E-state index contributed by atoms with van der Waals surface area (Å²) in [7, 11) is 0. The molecule has 1 aliphatic rings. The summed E-state index contributed by atoms with van der Waals surface area (Å²) < 4.78 is 14.6. The number of halogens is 2. The van der Waals surface area contributed by atoms with E-state index in [1.807, 2.05) is 26.0 Å². The largest absolute Gasteiger partial charge is 0.354 e. The smallest absolute Gasteiger partial charge is 0.239 e. The van der Waals surface area contributed by atoms with E-state index < -0.39 is 6.04 Å². The van der Waals surface area contributed by atoms with E-state index in [1.165, 1.54) is 6.07 Å². The first-order valence-corrected chi connectivity index (χ1v) is 11.7. The topological polar surface area (TPSA) is 78.7 Å². The first-order chi connectivity index (χ1) is 15.8. The summed E-state index contributed by atoms with van der Waals surface area (Å²) in [5.74, 6) is -0.619. The molecule has 0 saturated carbocycles. The molecule has 0 spiro atoms. The summed E-state index contributed by atoms with van der Waals surface area (Å²) in [6.07, 6.45) is 0.440. The van der Waals surface area contributed by atoms with Gasteiger partial charge in [0.25, 0.3) is 0 Å². The number of benzene rings is 2. The second-order valence-electron chi connectivity index (χ2n) is 8.74. The first kappa shape index (κ1) is 25.1. The Morgan fingerprint density at radius 1 is 1.06 bits per heavy atom. The van der Waals surface area contributed by atoms with Gasteiger partial charge in [-0.15, -0.1) is 0 Å². The van der Waals surface area contributed by atoms with Gasteiger partial charge in [-0.2, -0.15) is 0 Å². The number of nitrogens with one attached hydrogen (secondary N) is 1. The highest BCUT2D eigenvalue weighted by atomic mass is 35.5. The number of piperazine rings is 1. The van der Waals surface area contributed by atoms with E-state index in [2.05, 4.69) is 10.2 Å². The van der Waals surface area contributed by atoms with Gasteiger partial charge in [0.15, 0.2) is 0 Å². The van der Waals surface area contributed by atoms with Crippen molar-refractivity contribution in [2.75, 3.05) is 32.7 Å². The lowest BCUT2D eigenvalue weighted by Crippen LogP contribution is -2.55. The van der Waals surface area contributed by atoms with Gasteiger partial charge in [0.1, 0.15) is 5.82 Å². The first-order valence-electron chi connectivity index (χ1n) is 11.3. The van der Waals surface area contributed by atoms with Gasteiger partial charge < -0.3 is 16.0 Å². The number of nitrogens with zero attached hydrogens (tertiary/aromatic N) is 2. The van der Waals surface area contributed by atoms with Gasteiger partial charge in [-0.25, -0.2) is 4.39 Å². The molecule has 2 aromatic carbocycles. The average Bonchev–Trinajstić information content (AvgIpc) is 2.81. The zero-order chi connectivity index (χ0) is 24.0. The Bertz CT molecular complexity index is 946. The lowest BCUT2D eigenvalue weighted by atomic mass is 10.0. The van der Waals surface area contributed by atoms with Crippen molar-refractivity contribution in [3.05, 3.63) is 70.5 Å². The quantitative estimate of drug-likeness (QED) is 0.616. The van der Waals surface area contributed by atoms with E-state index in [-0.39, 0.29) is 29.6 Å². The van der Waals surface area contributed by atoms with Crippen LogP contribution in [0, 0.1) is 11.7 Å². The molecule has 1 heterocycles. The standard InChI is InChI=1S/C25H32ClFN4O2/c1-17(2)24(32)29-16-23(20-5-3-4-6-21(20)27)30-11-13-31(14-12-30)25(33)22(28)15-18-7-9-19(26)10-8-18/h3-10,17,22-23H,11-16,28H2,1-2H3,(H,29,32). The van der Waals surface area contributed by atoms with Gasteiger partial charge in [0.05, 0.1) is 12.1 Å². The summed E-state index contributed by atoms with van der Waals surface area (Å²) in [5.41, 5.74) is 7.70. The number of nitrogens with two attached hydrogens (primary N) is 1. The fourth-order valence-corrected chi connectivity index (χ4v) is 4.16. The molecule has 2 aromatic rings. The van der Waals surface area contributed by atoms with Crippen molar-refractivity contribution in [1.82, 2.24) is 15.1 Å². The van der Waals surface area contributed by atoms with Crippen LogP contribution < -0.4 is 11.1 Å². The Labute approximate surface area is 199 Å². The van der Waals surface area contributed by atoms with Crippen molar-refractivity contribution in [3.8, 4) is 0 Å². The van der Waals surface area contributed by atoms with Crippen molar-refractivity contribution in [2.24, 2.45) is 11.7 Å². The molecule has 0 aromatic heterocycles. The van der Waals surface area contributed by atoms with E-state index in [0.717, 1.165) is 5.56 Å². The minimum atomic E-state index is -0.634. The molecular formula is C25H32ClFN4O2. The van der Waals surface area contributed by atoms with E-state index in [9.17, 15) is 14.0 Å². The third-order valence-corrected chi connectivity index (χ3v) is 6.26. The maximum absolute atomic E-state index is 14.6. The van der Waals surface area contributed by atoms with Crippen LogP contribution in [0.1, 0.15) is 31.0 Å². The van der Waals surface area contributed by atoms with E-state index in [4.69, 9.17) is 17.3 Å². The molecule has 3 N–H and O–H groups in total. The minimum Gasteiger partial charge on any atom is -0.354 e. The van der Waals surface area contributed by atoms with Gasteiger partial charge in [0.2, 0.25) is 11.8 Å². The average molecular weight is 475 g/mol. The van der Waals surface area contributed by atoms with Crippen molar-refractivity contribution >= 4 is 23.4 Å². The Hall–Kier alpha value is -2.48. The van der Waals surface area contributed by atoms with E-state index >= 15 is 0 Å². The number of carbonyl (C=O) groups excluding carboxylic acids is 2. The monoisotopic (exact) mass is 474 g/mol. The Morgan fingerprint density at radius 2 is 1.70 bits per heavy atom. The molecule has 2 unspecified atom stereocenters. The summed E-state index contributed by atoms with van der Waals surface area (Å²) in [5, 5.41) is 3.57. The molecule has 0 radical (unpaired) electrons. The van der Waals surface area contributed by atoms with Crippen molar-refractivity contribution in [2.45, 2.75) is 32.4 Å². The minimum absolute atomic E-state index is 0.0710. The third kappa shape index (κ3) is 6.76. The number of carbonyl (C=O) groups is 2. The molecule has 1 saturated heterocycles. The molecule has 3 rings (SSSR count). The molecule has 8 heteroatoms. The molecule has 1 aliphatic heterocycles. The van der Waals surface area contributed by atoms with Crippen molar-refractivity contribution in [1.29, 1.82) is 0 Å². The summed E-state index contributed by atoms with van der Waals surface area (Å²) in [6.45, 7) is 6.08. The van der Waals surface area contributed by atoms with Crippen LogP contribution >= 0.6 is 11.6 Å². The third-order valence-electron chi connectivity index (χ3n) is 6.01. The van der Waals surface area contributed by atoms with Crippen LogP contribution in [-0.4, -0.2) is 60.4 Å². The van der Waals surface area contributed by atoms with Crippen LogP contribution in [0.3, 0.4) is 0 Å². The Balaban J connectivity index is 1.62. The maximum Gasteiger partial charge on any atom is 0.239 e. The molecule has 6 nitrogen and oxygen atoms in total. The molecular weight excluding hydrogens is 443 g/mol. The molecule has 2 atom stereocenters. The lowest BCUT2D eigenvalue weighted by molar-refractivity contribution is -0.134. The number of hydrogen-bond donors (Lipinski definition) is 2. The molecule has 33 heavy (non-hydrogen) atoms. The van der Waals surface area contributed by atoms with Crippen LogP contribution in [-0.2, 0) is 16.0 Å². The summed E-state index contributed by atoms with van der Waals surface area (Å²) in [6, 6.07) is 13.0. The van der Waals surface area contributed by atoms with Gasteiger partial charge >= 0.3 is 0 Å². The number of rotatable bonds is 8. The van der Waals surface area contributed by atoms with Gasteiger partial charge in [-0.3, -0.25) is 14.5 Å². The predicted octanol–water partition coefficient (Wildman–Crippen LogP) is 3.01. The lowest BCUT2D eigenvalue weighted by Gasteiger charge is -2.40. The zero-order valence-electron chi connectivity index (χ0n) is 19.1. The van der Waals surface area contributed by atoms with Crippen LogP contribution in [0.2, 0.25) is 5.02 Å². The highest BCUT2D eigenvalue weighted by molar-refractivity contribution is 6.30. The van der Waals surface area contributed by atoms with Crippen LogP contribution in [0.5, 0.6) is 0 Å². The Morgan fingerprint density at radius 3 is 2.30 bits per heavy atom. The Kier molecular flexibility index (Phi) is 8.83. The molecule has 0 bridgehead atoms.